The van der Waals surface area contributed by atoms with Crippen LogP contribution in [0.15, 0.2) is 18.3 Å². The molecule has 7 nitrogen and oxygen atoms in total. The molecule has 1 aromatic carbocycles. The van der Waals surface area contributed by atoms with Crippen LogP contribution < -0.4 is 20.8 Å². The normalized spacial score (nSPS) is 10.8. The van der Waals surface area contributed by atoms with Gasteiger partial charge < -0.3 is 20.4 Å². The average molecular weight is 304 g/mol. The van der Waals surface area contributed by atoms with Crippen molar-refractivity contribution >= 4 is 5.82 Å². The van der Waals surface area contributed by atoms with Crippen molar-refractivity contribution in [2.24, 2.45) is 0 Å². The second-order valence-electron chi connectivity index (χ2n) is 5.27. The van der Waals surface area contributed by atoms with Crippen LogP contribution in [0.2, 0.25) is 0 Å². The SMILES string of the molecule is COc1cc(C(C)C)c(Oc2cn(O)c(=N)nc2N)cc1C. The molecule has 0 unspecified atom stereocenters. The van der Waals surface area contributed by atoms with Gasteiger partial charge in [0, 0.05) is 5.56 Å². The van der Waals surface area contributed by atoms with Crippen LogP contribution in [0.3, 0.4) is 0 Å². The highest BCUT2D eigenvalue weighted by Gasteiger charge is 2.15. The molecule has 0 fully saturated rings. The third-order valence-electron chi connectivity index (χ3n) is 3.30. The number of aryl methyl sites for hydroxylation is 1. The van der Waals surface area contributed by atoms with E-state index in [1.165, 1.54) is 6.20 Å². The number of ether oxygens (including phenoxy) is 2. The summed E-state index contributed by atoms with van der Waals surface area (Å²) >= 11 is 0. The van der Waals surface area contributed by atoms with E-state index in [1.807, 2.05) is 32.9 Å². The van der Waals surface area contributed by atoms with E-state index in [0.29, 0.717) is 10.5 Å². The van der Waals surface area contributed by atoms with Crippen molar-refractivity contribution in [1.82, 2.24) is 9.71 Å². The van der Waals surface area contributed by atoms with Crippen LogP contribution in [0.1, 0.15) is 30.9 Å². The van der Waals surface area contributed by atoms with Crippen molar-refractivity contribution in [3.05, 3.63) is 35.1 Å². The fraction of sp³-hybridized carbons (Fsp3) is 0.333. The molecule has 4 N–H and O–H groups in total. The number of nitrogen functional groups attached to an aromatic ring is 1. The summed E-state index contributed by atoms with van der Waals surface area (Å²) in [5, 5.41) is 16.9. The van der Waals surface area contributed by atoms with Gasteiger partial charge in [-0.3, -0.25) is 5.41 Å². The van der Waals surface area contributed by atoms with E-state index in [2.05, 4.69) is 4.98 Å². The van der Waals surface area contributed by atoms with E-state index in [4.69, 9.17) is 20.6 Å². The first kappa shape index (κ1) is 15.7. The van der Waals surface area contributed by atoms with Crippen LogP contribution in [0.5, 0.6) is 17.2 Å². The lowest BCUT2D eigenvalue weighted by Crippen LogP contribution is -2.22. The highest BCUT2D eigenvalue weighted by molar-refractivity contribution is 5.51. The molecule has 1 heterocycles. The minimum atomic E-state index is -0.361. The number of rotatable bonds is 4. The van der Waals surface area contributed by atoms with Gasteiger partial charge in [-0.25, -0.2) is 0 Å². The first-order valence-electron chi connectivity index (χ1n) is 6.83. The lowest BCUT2D eigenvalue weighted by Gasteiger charge is -2.17. The summed E-state index contributed by atoms with van der Waals surface area (Å²) in [7, 11) is 1.62. The monoisotopic (exact) mass is 304 g/mol. The molecule has 0 spiro atoms. The Morgan fingerprint density at radius 3 is 2.55 bits per heavy atom. The molecule has 2 aromatic rings. The fourth-order valence-corrected chi connectivity index (χ4v) is 2.09. The second-order valence-corrected chi connectivity index (χ2v) is 5.27. The predicted molar refractivity (Wildman–Crippen MR) is 81.6 cm³/mol. The van der Waals surface area contributed by atoms with Gasteiger partial charge in [0.15, 0.2) is 11.6 Å². The summed E-state index contributed by atoms with van der Waals surface area (Å²) in [6.45, 7) is 5.99. The highest BCUT2D eigenvalue weighted by Crippen LogP contribution is 2.36. The molecule has 0 saturated heterocycles. The summed E-state index contributed by atoms with van der Waals surface area (Å²) in [6, 6.07) is 3.77. The van der Waals surface area contributed by atoms with Gasteiger partial charge in [-0.2, -0.15) is 9.71 Å². The Kier molecular flexibility index (Phi) is 4.25. The molecule has 0 radical (unpaired) electrons. The maximum Gasteiger partial charge on any atom is 0.257 e. The van der Waals surface area contributed by atoms with Gasteiger partial charge in [0.05, 0.1) is 13.3 Å². The third-order valence-corrected chi connectivity index (χ3v) is 3.30. The molecule has 2 rings (SSSR count). The molecule has 0 bridgehead atoms. The van der Waals surface area contributed by atoms with Crippen LogP contribution in [0, 0.1) is 12.3 Å². The molecule has 22 heavy (non-hydrogen) atoms. The Balaban J connectivity index is 2.51. The van der Waals surface area contributed by atoms with Crippen molar-refractivity contribution in [2.75, 3.05) is 12.8 Å². The van der Waals surface area contributed by atoms with Gasteiger partial charge in [0.25, 0.3) is 5.62 Å². The molecule has 7 heteroatoms. The van der Waals surface area contributed by atoms with Crippen LogP contribution >= 0.6 is 0 Å². The Bertz CT molecular complexity index is 753. The number of aromatic nitrogens is 2. The van der Waals surface area contributed by atoms with E-state index in [-0.39, 0.29) is 23.1 Å². The molecule has 0 saturated carbocycles. The van der Waals surface area contributed by atoms with Gasteiger partial charge in [-0.15, -0.1) is 0 Å². The molecule has 0 amide bonds. The zero-order valence-electron chi connectivity index (χ0n) is 13.0. The standard InChI is InChI=1S/C15H20N4O3/c1-8(2)10-6-11(21-4)9(3)5-12(10)22-13-7-19(20)15(17)18-14(13)16/h5-8,20H,1-4H3,(H3,16,17,18). The van der Waals surface area contributed by atoms with Crippen LogP contribution in [-0.2, 0) is 0 Å². The van der Waals surface area contributed by atoms with E-state index < -0.39 is 0 Å². The van der Waals surface area contributed by atoms with E-state index in [1.54, 1.807) is 7.11 Å². The van der Waals surface area contributed by atoms with Crippen molar-refractivity contribution < 1.29 is 14.7 Å². The molecular formula is C15H20N4O3. The van der Waals surface area contributed by atoms with E-state index >= 15 is 0 Å². The minimum Gasteiger partial charge on any atom is -0.496 e. The number of nitrogens with zero attached hydrogens (tertiary/aromatic N) is 2. The number of anilines is 1. The topological polar surface area (TPSA) is 106 Å². The average Bonchev–Trinajstić information content (AvgIpc) is 2.44. The molecule has 0 aliphatic rings. The quantitative estimate of drug-likeness (QED) is 0.752. The number of nitrogens with two attached hydrogens (primary N) is 1. The van der Waals surface area contributed by atoms with Crippen molar-refractivity contribution in [3.8, 4) is 17.2 Å². The highest BCUT2D eigenvalue weighted by atomic mass is 16.5. The van der Waals surface area contributed by atoms with Crippen LogP contribution in [0.25, 0.3) is 0 Å². The molecular weight excluding hydrogens is 284 g/mol. The lowest BCUT2D eigenvalue weighted by atomic mass is 10.00. The zero-order chi connectivity index (χ0) is 16.4. The summed E-state index contributed by atoms with van der Waals surface area (Å²) in [4.78, 5) is 3.71. The largest absolute Gasteiger partial charge is 0.496 e. The summed E-state index contributed by atoms with van der Waals surface area (Å²) in [6.07, 6.45) is 1.22. The Hall–Kier alpha value is -2.70. The smallest absolute Gasteiger partial charge is 0.257 e. The minimum absolute atomic E-state index is 0.0403. The summed E-state index contributed by atoms with van der Waals surface area (Å²) in [5.74, 6) is 1.82. The molecule has 0 aliphatic heterocycles. The maximum absolute atomic E-state index is 9.53. The molecule has 0 atom stereocenters. The lowest BCUT2D eigenvalue weighted by molar-refractivity contribution is 0.162. The van der Waals surface area contributed by atoms with E-state index in [0.717, 1.165) is 16.9 Å². The molecule has 118 valence electrons. The Morgan fingerprint density at radius 1 is 1.27 bits per heavy atom. The molecule has 1 aromatic heterocycles. The van der Waals surface area contributed by atoms with Gasteiger partial charge in [0.1, 0.15) is 11.5 Å². The third kappa shape index (κ3) is 2.98. The Morgan fingerprint density at radius 2 is 1.95 bits per heavy atom. The summed E-state index contributed by atoms with van der Waals surface area (Å²) < 4.78 is 11.7. The first-order valence-corrected chi connectivity index (χ1v) is 6.83. The van der Waals surface area contributed by atoms with Crippen molar-refractivity contribution in [1.29, 1.82) is 5.41 Å². The van der Waals surface area contributed by atoms with Gasteiger partial charge in [-0.05, 0) is 30.5 Å². The van der Waals surface area contributed by atoms with Crippen LogP contribution in [-0.4, -0.2) is 22.0 Å². The maximum atomic E-state index is 9.53. The number of hydrogen-bond acceptors (Lipinski definition) is 6. The van der Waals surface area contributed by atoms with Crippen molar-refractivity contribution in [3.63, 3.8) is 0 Å². The van der Waals surface area contributed by atoms with Crippen LogP contribution in [0.4, 0.5) is 5.82 Å². The number of methoxy groups -OCH3 is 1. The Labute approximate surface area is 128 Å². The summed E-state index contributed by atoms with van der Waals surface area (Å²) in [5.41, 5.74) is 7.26. The number of hydrogen-bond donors (Lipinski definition) is 3. The van der Waals surface area contributed by atoms with Gasteiger partial charge in [-0.1, -0.05) is 13.8 Å². The molecule has 0 aliphatic carbocycles. The predicted octanol–water partition coefficient (Wildman–Crippen LogP) is 2.41. The van der Waals surface area contributed by atoms with Gasteiger partial charge in [0.2, 0.25) is 0 Å². The number of benzene rings is 1. The van der Waals surface area contributed by atoms with E-state index in [9.17, 15) is 5.21 Å². The number of nitrogens with one attached hydrogen (secondary N) is 1. The zero-order valence-corrected chi connectivity index (χ0v) is 13.0. The second kappa shape index (κ2) is 5.97. The first-order chi connectivity index (χ1) is 10.3. The fourth-order valence-electron chi connectivity index (χ4n) is 2.09. The van der Waals surface area contributed by atoms with Crippen molar-refractivity contribution in [2.45, 2.75) is 26.7 Å². The van der Waals surface area contributed by atoms with Gasteiger partial charge >= 0.3 is 0 Å².